The molecule has 2 rings (SSSR count). The molecule has 20 heavy (non-hydrogen) atoms. The van der Waals surface area contributed by atoms with Crippen molar-refractivity contribution in [2.75, 3.05) is 26.2 Å². The smallest absolute Gasteiger partial charge is 0.275 e. The molecule has 1 saturated heterocycles. The van der Waals surface area contributed by atoms with Crippen molar-refractivity contribution in [3.05, 3.63) is 21.9 Å². The van der Waals surface area contributed by atoms with Gasteiger partial charge in [0, 0.05) is 38.3 Å². The van der Waals surface area contributed by atoms with Crippen LogP contribution >= 0.6 is 11.3 Å². The van der Waals surface area contributed by atoms with E-state index in [0.717, 1.165) is 43.2 Å². The molecule has 0 aliphatic carbocycles. The Labute approximate surface area is 124 Å². The molecule has 0 spiro atoms. The van der Waals surface area contributed by atoms with Crippen LogP contribution in [0.5, 0.6) is 0 Å². The number of piperazine rings is 1. The maximum Gasteiger partial charge on any atom is 0.275 e. The van der Waals surface area contributed by atoms with E-state index in [2.05, 4.69) is 36.0 Å². The molecular formula is C14H24N4OS. The first-order valence-electron chi connectivity index (χ1n) is 6.96. The van der Waals surface area contributed by atoms with E-state index in [0.29, 0.717) is 0 Å². The van der Waals surface area contributed by atoms with Crippen LogP contribution in [-0.2, 0) is 6.54 Å². The summed E-state index contributed by atoms with van der Waals surface area (Å²) >= 11 is 1.45. The molecule has 0 saturated carbocycles. The number of nitrogens with two attached hydrogens (primary N) is 1. The Morgan fingerprint density at radius 2 is 2.00 bits per heavy atom. The molecule has 1 aromatic rings. The molecule has 0 unspecified atom stereocenters. The molecule has 0 aromatic carbocycles. The van der Waals surface area contributed by atoms with Crippen molar-refractivity contribution >= 4 is 17.2 Å². The van der Waals surface area contributed by atoms with Crippen molar-refractivity contribution in [2.24, 2.45) is 5.84 Å². The second-order valence-corrected chi connectivity index (χ2v) is 7.10. The van der Waals surface area contributed by atoms with Gasteiger partial charge in [0.2, 0.25) is 0 Å². The predicted molar refractivity (Wildman–Crippen MR) is 82.6 cm³/mol. The largest absolute Gasteiger partial charge is 0.296 e. The van der Waals surface area contributed by atoms with Crippen LogP contribution in [0.1, 0.15) is 36.0 Å². The van der Waals surface area contributed by atoms with Crippen LogP contribution in [0, 0.1) is 0 Å². The van der Waals surface area contributed by atoms with Crippen LogP contribution in [0.25, 0.3) is 0 Å². The molecule has 2 heterocycles. The van der Waals surface area contributed by atoms with E-state index in [9.17, 15) is 4.79 Å². The highest BCUT2D eigenvalue weighted by molar-refractivity contribution is 7.12. The van der Waals surface area contributed by atoms with Gasteiger partial charge in [0.15, 0.2) is 0 Å². The zero-order valence-electron chi connectivity index (χ0n) is 12.5. The van der Waals surface area contributed by atoms with E-state index in [1.807, 2.05) is 11.4 Å². The van der Waals surface area contributed by atoms with Crippen LogP contribution in [-0.4, -0.2) is 47.4 Å². The van der Waals surface area contributed by atoms with Crippen molar-refractivity contribution in [1.82, 2.24) is 15.2 Å². The number of hydrogen-bond donors (Lipinski definition) is 2. The fourth-order valence-corrected chi connectivity index (χ4v) is 3.36. The third kappa shape index (κ3) is 3.58. The summed E-state index contributed by atoms with van der Waals surface area (Å²) in [4.78, 5) is 17.3. The first-order chi connectivity index (χ1) is 9.41. The third-order valence-corrected chi connectivity index (χ3v) is 4.75. The molecule has 0 radical (unpaired) electrons. The average molecular weight is 296 g/mol. The molecule has 3 N–H and O–H groups in total. The molecule has 1 amide bonds. The maximum atomic E-state index is 11.7. The first kappa shape index (κ1) is 15.4. The number of nitrogens with zero attached hydrogens (tertiary/aromatic N) is 2. The van der Waals surface area contributed by atoms with Gasteiger partial charge in [0.25, 0.3) is 5.91 Å². The zero-order valence-corrected chi connectivity index (χ0v) is 13.3. The summed E-state index contributed by atoms with van der Waals surface area (Å²) in [7, 11) is 0. The van der Waals surface area contributed by atoms with Crippen molar-refractivity contribution in [3.8, 4) is 0 Å². The Bertz CT molecular complexity index is 458. The van der Waals surface area contributed by atoms with E-state index in [1.165, 1.54) is 11.3 Å². The SMILES string of the molecule is CC(C)(C)N1CCN(Cc2ccsc2C(=O)NN)CC1. The van der Waals surface area contributed by atoms with E-state index < -0.39 is 0 Å². The van der Waals surface area contributed by atoms with Crippen molar-refractivity contribution in [1.29, 1.82) is 0 Å². The van der Waals surface area contributed by atoms with Gasteiger partial charge in [-0.1, -0.05) is 0 Å². The van der Waals surface area contributed by atoms with Crippen molar-refractivity contribution in [3.63, 3.8) is 0 Å². The number of carbonyl (C=O) groups is 1. The summed E-state index contributed by atoms with van der Waals surface area (Å²) in [6, 6.07) is 2.02. The second-order valence-electron chi connectivity index (χ2n) is 6.18. The van der Waals surface area contributed by atoms with Crippen LogP contribution in [0.15, 0.2) is 11.4 Å². The topological polar surface area (TPSA) is 61.6 Å². The summed E-state index contributed by atoms with van der Waals surface area (Å²) in [5.41, 5.74) is 3.52. The summed E-state index contributed by atoms with van der Waals surface area (Å²) in [5, 5.41) is 1.95. The Kier molecular flexibility index (Phi) is 4.80. The molecule has 0 bridgehead atoms. The minimum absolute atomic E-state index is 0.191. The number of rotatable bonds is 3. The van der Waals surface area contributed by atoms with Crippen LogP contribution in [0.2, 0.25) is 0 Å². The fraction of sp³-hybridized carbons (Fsp3) is 0.643. The molecule has 1 aliphatic rings. The van der Waals surface area contributed by atoms with Gasteiger partial charge < -0.3 is 0 Å². The Balaban J connectivity index is 1.93. The first-order valence-corrected chi connectivity index (χ1v) is 7.84. The number of nitrogens with one attached hydrogen (secondary N) is 1. The fourth-order valence-electron chi connectivity index (χ4n) is 2.54. The van der Waals surface area contributed by atoms with Crippen molar-refractivity contribution < 1.29 is 4.79 Å². The summed E-state index contributed by atoms with van der Waals surface area (Å²) in [5.74, 6) is 5.03. The van der Waals surface area contributed by atoms with Gasteiger partial charge in [-0.2, -0.15) is 0 Å². The highest BCUT2D eigenvalue weighted by atomic mass is 32.1. The minimum atomic E-state index is -0.191. The van der Waals surface area contributed by atoms with Crippen molar-refractivity contribution in [2.45, 2.75) is 32.9 Å². The van der Waals surface area contributed by atoms with Gasteiger partial charge in [-0.3, -0.25) is 20.0 Å². The van der Waals surface area contributed by atoms with Gasteiger partial charge in [-0.15, -0.1) is 11.3 Å². The van der Waals surface area contributed by atoms with Gasteiger partial charge in [0.05, 0.1) is 4.88 Å². The lowest BCUT2D eigenvalue weighted by atomic mass is 10.0. The number of carbonyl (C=O) groups excluding carboxylic acids is 1. The summed E-state index contributed by atoms with van der Waals surface area (Å²) in [6.45, 7) is 11.8. The molecule has 112 valence electrons. The quantitative estimate of drug-likeness (QED) is 0.501. The zero-order chi connectivity index (χ0) is 14.8. The van der Waals surface area contributed by atoms with E-state index in [1.54, 1.807) is 0 Å². The number of hydrazine groups is 1. The Morgan fingerprint density at radius 1 is 1.35 bits per heavy atom. The van der Waals surface area contributed by atoms with Crippen LogP contribution in [0.3, 0.4) is 0 Å². The molecular weight excluding hydrogens is 272 g/mol. The minimum Gasteiger partial charge on any atom is -0.296 e. The van der Waals surface area contributed by atoms with Gasteiger partial charge >= 0.3 is 0 Å². The lowest BCUT2D eigenvalue weighted by molar-refractivity contribution is 0.0590. The van der Waals surface area contributed by atoms with Crippen LogP contribution in [0.4, 0.5) is 0 Å². The molecule has 6 heteroatoms. The summed E-state index contributed by atoms with van der Waals surface area (Å²) in [6.07, 6.45) is 0. The molecule has 0 atom stereocenters. The number of nitrogen functional groups attached to an aromatic ring is 1. The van der Waals surface area contributed by atoms with E-state index >= 15 is 0 Å². The molecule has 1 aliphatic heterocycles. The molecule has 1 aromatic heterocycles. The highest BCUT2D eigenvalue weighted by Gasteiger charge is 2.26. The van der Waals surface area contributed by atoms with Gasteiger partial charge in [-0.25, -0.2) is 5.84 Å². The lowest BCUT2D eigenvalue weighted by Gasteiger charge is -2.42. The second kappa shape index (κ2) is 6.22. The number of hydrogen-bond acceptors (Lipinski definition) is 5. The van der Waals surface area contributed by atoms with Gasteiger partial charge in [0.1, 0.15) is 0 Å². The van der Waals surface area contributed by atoms with E-state index in [-0.39, 0.29) is 11.4 Å². The maximum absolute atomic E-state index is 11.7. The standard InChI is InChI=1S/C14H24N4OS/c1-14(2,3)18-7-5-17(6-8-18)10-11-4-9-20-12(11)13(19)16-15/h4,9H,5-8,10,15H2,1-3H3,(H,16,19). The number of amides is 1. The summed E-state index contributed by atoms with van der Waals surface area (Å²) < 4.78 is 0. The van der Waals surface area contributed by atoms with Gasteiger partial charge in [-0.05, 0) is 37.8 Å². The molecule has 1 fully saturated rings. The predicted octanol–water partition coefficient (Wildman–Crippen LogP) is 1.27. The number of thiophene rings is 1. The Hall–Kier alpha value is -0.950. The molecule has 5 nitrogen and oxygen atoms in total. The normalized spacial score (nSPS) is 18.2. The van der Waals surface area contributed by atoms with Crippen LogP contribution < -0.4 is 11.3 Å². The Morgan fingerprint density at radius 3 is 2.55 bits per heavy atom. The highest BCUT2D eigenvalue weighted by Crippen LogP contribution is 2.21. The lowest BCUT2D eigenvalue weighted by Crippen LogP contribution is -2.53. The average Bonchev–Trinajstić information content (AvgIpc) is 2.85. The van der Waals surface area contributed by atoms with E-state index in [4.69, 9.17) is 5.84 Å². The monoisotopic (exact) mass is 296 g/mol. The third-order valence-electron chi connectivity index (χ3n) is 3.80.